The lowest BCUT2D eigenvalue weighted by Gasteiger charge is -2.43. The highest BCUT2D eigenvalue weighted by atomic mass is 32.1. The van der Waals surface area contributed by atoms with Crippen LogP contribution in [0.1, 0.15) is 137 Å². The molecule has 5 N–H and O–H groups in total. The Morgan fingerprint density at radius 1 is 0.932 bits per heavy atom. The number of amides is 5. The molecule has 5 amide bonds. The molecule has 3 fully saturated rings. The number of anilines is 1. The van der Waals surface area contributed by atoms with E-state index < -0.39 is 52.7 Å². The van der Waals surface area contributed by atoms with Crippen LogP contribution in [-0.4, -0.2) is 113 Å². The molecule has 1 saturated carbocycles. The number of nitrogens with one attached hydrogen (secondary N) is 4. The summed E-state index contributed by atoms with van der Waals surface area (Å²) in [6.45, 7) is 12.1. The highest BCUT2D eigenvalue weighted by Crippen LogP contribution is 2.70. The zero-order chi connectivity index (χ0) is 52.7. The molecule has 0 unspecified atom stereocenters. The Kier molecular flexibility index (Phi) is 15.0. The zero-order valence-electron chi connectivity index (χ0n) is 43.0. The van der Waals surface area contributed by atoms with Crippen LogP contribution in [0.15, 0.2) is 72.5 Å². The molecule has 2 aliphatic carbocycles. The van der Waals surface area contributed by atoms with Crippen molar-refractivity contribution in [1.82, 2.24) is 45.4 Å². The summed E-state index contributed by atoms with van der Waals surface area (Å²) in [5, 5.41) is 31.2. The molecule has 16 nitrogen and oxygen atoms in total. The predicted molar refractivity (Wildman–Crippen MR) is 276 cm³/mol. The molecule has 2 aliphatic heterocycles. The van der Waals surface area contributed by atoms with Gasteiger partial charge in [-0.3, -0.25) is 33.8 Å². The molecule has 5 aromatic rings. The van der Waals surface area contributed by atoms with Gasteiger partial charge in [0, 0.05) is 80.0 Å². The summed E-state index contributed by atoms with van der Waals surface area (Å²) < 4.78 is 30.8. The molecule has 3 aromatic heterocycles. The van der Waals surface area contributed by atoms with Gasteiger partial charge in [0.1, 0.15) is 12.1 Å². The van der Waals surface area contributed by atoms with Crippen LogP contribution in [0.3, 0.4) is 0 Å². The van der Waals surface area contributed by atoms with Crippen LogP contribution in [0.2, 0.25) is 0 Å². The number of rotatable bonds is 19. The quantitative estimate of drug-likeness (QED) is 0.0511. The number of hydrogen-bond acceptors (Lipinski definition) is 10. The number of β-amino-alcohol motifs (C(OH)–C–C–N with tert-alkyl or cyclic N) is 1. The molecule has 2 aromatic carbocycles. The predicted octanol–water partition coefficient (Wildman–Crippen LogP) is 7.81. The van der Waals surface area contributed by atoms with E-state index in [0.717, 1.165) is 46.5 Å². The Hall–Kier alpha value is -6.34. The molecular formula is C55H68F2N10O6S. The fourth-order valence-electron chi connectivity index (χ4n) is 11.2. The Balaban J connectivity index is 0.696. The number of fused-ring (bicyclic) bond motifs is 2. The average molecular weight is 1040 g/mol. The lowest BCUT2D eigenvalue weighted by Crippen LogP contribution is -2.57. The molecule has 74 heavy (non-hydrogen) atoms. The number of carbonyl (C=O) groups excluding carboxylic acids is 5. The van der Waals surface area contributed by atoms with Crippen LogP contribution in [0.5, 0.6) is 0 Å². The fourth-order valence-corrected chi connectivity index (χ4v) is 12.1. The van der Waals surface area contributed by atoms with Crippen molar-refractivity contribution in [3.8, 4) is 10.4 Å². The minimum Gasteiger partial charge on any atom is -0.391 e. The second-order valence-electron chi connectivity index (χ2n) is 22.2. The number of hydrogen-bond donors (Lipinski definition) is 5. The fraction of sp³-hybridized carbons (Fsp3) is 0.527. The van der Waals surface area contributed by atoms with E-state index in [1.54, 1.807) is 35.3 Å². The lowest BCUT2D eigenvalue weighted by atomic mass is 9.85. The number of aryl methyl sites for hydroxylation is 1. The number of alkyl halides is 2. The van der Waals surface area contributed by atoms with Crippen molar-refractivity contribution >= 4 is 46.6 Å². The minimum absolute atomic E-state index is 0.00626. The maximum absolute atomic E-state index is 14.5. The summed E-state index contributed by atoms with van der Waals surface area (Å²) in [5.74, 6) is -4.92. The number of aliphatic hydroxyl groups is 1. The van der Waals surface area contributed by atoms with Crippen molar-refractivity contribution in [1.29, 1.82) is 0 Å². The number of aromatic amines is 1. The van der Waals surface area contributed by atoms with Crippen LogP contribution in [0.4, 0.5) is 14.5 Å². The highest BCUT2D eigenvalue weighted by Gasteiger charge is 2.78. The van der Waals surface area contributed by atoms with Gasteiger partial charge in [-0.2, -0.15) is 10.2 Å². The number of halogens is 2. The summed E-state index contributed by atoms with van der Waals surface area (Å²) in [5.41, 5.74) is 5.67. The number of nitrogens with zero attached hydrogens (tertiary/aromatic N) is 6. The molecule has 0 spiro atoms. The van der Waals surface area contributed by atoms with Gasteiger partial charge in [-0.1, -0.05) is 102 Å². The Bertz CT molecular complexity index is 2860. The third-order valence-corrected chi connectivity index (χ3v) is 16.8. The van der Waals surface area contributed by atoms with Gasteiger partial charge in [0.2, 0.25) is 23.6 Å². The van der Waals surface area contributed by atoms with E-state index in [-0.39, 0.29) is 73.6 Å². The maximum atomic E-state index is 14.5. The van der Waals surface area contributed by atoms with E-state index >= 15 is 0 Å². The van der Waals surface area contributed by atoms with Gasteiger partial charge in [0.25, 0.3) is 11.8 Å². The highest BCUT2D eigenvalue weighted by molar-refractivity contribution is 7.13. The van der Waals surface area contributed by atoms with Gasteiger partial charge in [-0.25, -0.2) is 13.8 Å². The number of aromatic nitrogens is 5. The molecule has 7 atom stereocenters. The molecule has 5 heterocycles. The third kappa shape index (κ3) is 10.8. The molecule has 0 bridgehead atoms. The lowest BCUT2D eigenvalue weighted by molar-refractivity contribution is -0.144. The van der Waals surface area contributed by atoms with Gasteiger partial charge < -0.3 is 30.9 Å². The first-order valence-electron chi connectivity index (χ1n) is 25.9. The van der Waals surface area contributed by atoms with E-state index in [4.69, 9.17) is 0 Å². The molecule has 9 rings (SSSR count). The second-order valence-corrected chi connectivity index (χ2v) is 23.1. The van der Waals surface area contributed by atoms with E-state index in [9.17, 15) is 37.9 Å². The number of aliphatic hydroxyl groups excluding tert-OH is 1. The molecule has 0 radical (unpaired) electrons. The van der Waals surface area contributed by atoms with E-state index in [2.05, 4.69) is 36.2 Å². The summed E-state index contributed by atoms with van der Waals surface area (Å²) >= 11 is 1.57. The third-order valence-electron chi connectivity index (χ3n) is 15.9. The number of unbranched alkanes of at least 4 members (excludes halogenated alkanes) is 4. The van der Waals surface area contributed by atoms with Gasteiger partial charge >= 0.3 is 0 Å². The smallest absolute Gasteiger partial charge is 0.276 e. The van der Waals surface area contributed by atoms with Gasteiger partial charge in [0.15, 0.2) is 5.69 Å². The molecule has 2 saturated heterocycles. The largest absolute Gasteiger partial charge is 0.391 e. The number of H-pyrrole nitrogens is 1. The van der Waals surface area contributed by atoms with Crippen molar-refractivity contribution in [2.24, 2.45) is 22.7 Å². The SMILES string of the molecule is Cc1ncsc1-c1ccc([C@H](C)NC(=O)[C@@H]2C[C@@H](O)CN2C(=O)[C@@H](NC(=O)CCCCCCCC(=O)N2CC([C@@H](c3ccccc3)n3cc(NC(=O)c4n[nH]c5c4C[C@@H]4C(F)(F)[C@]4(C)C5)cn3)C2)C(C)(C)C)cc1. The maximum Gasteiger partial charge on any atom is 0.276 e. The molecular weight excluding hydrogens is 967 g/mol. The number of carbonyl (C=O) groups is 5. The van der Waals surface area contributed by atoms with Crippen LogP contribution >= 0.6 is 11.3 Å². The molecule has 19 heteroatoms. The topological polar surface area (TPSA) is 208 Å². The first-order valence-corrected chi connectivity index (χ1v) is 26.8. The Morgan fingerprint density at radius 3 is 2.32 bits per heavy atom. The Labute approximate surface area is 434 Å². The Morgan fingerprint density at radius 2 is 1.64 bits per heavy atom. The molecule has 394 valence electrons. The van der Waals surface area contributed by atoms with Gasteiger partial charge in [-0.05, 0) is 55.2 Å². The van der Waals surface area contributed by atoms with Crippen molar-refractivity contribution < 1.29 is 37.9 Å². The summed E-state index contributed by atoms with van der Waals surface area (Å²) in [7, 11) is 0. The first-order chi connectivity index (χ1) is 35.2. The van der Waals surface area contributed by atoms with Crippen LogP contribution < -0.4 is 16.0 Å². The normalized spacial score (nSPS) is 22.2. The number of likely N-dealkylation sites (tertiary alicyclic amines) is 2. The van der Waals surface area contributed by atoms with Crippen molar-refractivity contribution in [3.63, 3.8) is 0 Å². The van der Waals surface area contributed by atoms with E-state index in [1.807, 2.05) is 99.6 Å². The zero-order valence-corrected chi connectivity index (χ0v) is 43.8. The summed E-state index contributed by atoms with van der Waals surface area (Å²) in [6, 6.07) is 15.5. The first kappa shape index (κ1) is 52.5. The summed E-state index contributed by atoms with van der Waals surface area (Å²) in [6.07, 6.45) is 7.20. The molecule has 4 aliphatic rings. The van der Waals surface area contributed by atoms with Gasteiger partial charge in [0.05, 0.1) is 46.2 Å². The average Bonchev–Trinajstić information content (AvgIpc) is 4.09. The second kappa shape index (κ2) is 21.1. The van der Waals surface area contributed by atoms with Crippen LogP contribution in [-0.2, 0) is 32.0 Å². The number of thiazole rings is 1. The number of benzene rings is 2. The van der Waals surface area contributed by atoms with E-state index in [0.29, 0.717) is 49.3 Å². The standard InChI is InChI=1S/C55H68F2N10O6S/c1-32(34-19-21-36(22-20-34)48-33(2)58-31-74-48)60-50(71)42-23-39(68)30-66(42)52(73)49(53(3,4)5)62-44(69)17-13-8-7-9-14-18-45(70)65-27-37(28-65)47(35-15-11-10-12-16-35)67-29-38(26-59-67)61-51(72)46-40-24-43-54(6,55(43,56)57)25-41(40)63-64-46/h10-12,15-16,19-22,26,29,31-32,37,39,42-43,47,49,68H,7-9,13-14,17-18,23-25,27-28,30H2,1-6H3,(H,60,71)(H,61,72)(H,62,69)(H,63,64)/t32-,39+,42-,43-,47+,49+,54+/m0/s1. The van der Waals surface area contributed by atoms with Crippen LogP contribution in [0, 0.1) is 29.6 Å². The summed E-state index contributed by atoms with van der Waals surface area (Å²) in [4.78, 5) is 76.6. The van der Waals surface area contributed by atoms with Crippen LogP contribution in [0.25, 0.3) is 10.4 Å². The van der Waals surface area contributed by atoms with Crippen molar-refractivity contribution in [2.45, 2.75) is 142 Å². The van der Waals surface area contributed by atoms with Gasteiger partial charge in [-0.15, -0.1) is 11.3 Å². The van der Waals surface area contributed by atoms with Crippen molar-refractivity contribution in [3.05, 3.63) is 106 Å². The monoisotopic (exact) mass is 1030 g/mol. The van der Waals surface area contributed by atoms with Crippen molar-refractivity contribution in [2.75, 3.05) is 25.0 Å². The minimum atomic E-state index is -2.76. The van der Waals surface area contributed by atoms with E-state index in [1.165, 1.54) is 4.90 Å².